The number of amides is 1. The quantitative estimate of drug-likeness (QED) is 0.478. The second-order valence-electron chi connectivity index (χ2n) is 5.93. The SMILES string of the molecule is C=CCNS(=O)(=O)c1ccc(C(=O)O[C@H](C)C(=O)Nc2ccc(OC)cc2)cc1. The molecule has 1 amide bonds. The van der Waals surface area contributed by atoms with Gasteiger partial charge in [0, 0.05) is 12.2 Å². The summed E-state index contributed by atoms with van der Waals surface area (Å²) in [5.41, 5.74) is 0.650. The van der Waals surface area contributed by atoms with Crippen LogP contribution in [0.5, 0.6) is 5.75 Å². The van der Waals surface area contributed by atoms with Crippen LogP contribution in [0.4, 0.5) is 5.69 Å². The summed E-state index contributed by atoms with van der Waals surface area (Å²) in [4.78, 5) is 24.4. The minimum atomic E-state index is -3.69. The number of rotatable bonds is 9. The molecule has 8 nitrogen and oxygen atoms in total. The first kappa shape index (κ1) is 22.1. The summed E-state index contributed by atoms with van der Waals surface area (Å²) in [6.07, 6.45) is 0.365. The summed E-state index contributed by atoms with van der Waals surface area (Å²) in [5, 5.41) is 2.63. The predicted octanol–water partition coefficient (Wildman–Crippen LogP) is 2.34. The molecule has 154 valence electrons. The Kier molecular flexibility index (Phi) is 7.52. The number of methoxy groups -OCH3 is 1. The summed E-state index contributed by atoms with van der Waals surface area (Å²) in [6.45, 7) is 4.97. The van der Waals surface area contributed by atoms with Crippen LogP contribution in [0.25, 0.3) is 0 Å². The molecule has 2 aromatic rings. The van der Waals surface area contributed by atoms with E-state index in [1.54, 1.807) is 24.3 Å². The van der Waals surface area contributed by atoms with Gasteiger partial charge in [-0.05, 0) is 55.5 Å². The fraction of sp³-hybridized carbons (Fsp3) is 0.200. The first-order valence-corrected chi connectivity index (χ1v) is 10.1. The average Bonchev–Trinajstić information content (AvgIpc) is 2.72. The molecule has 2 N–H and O–H groups in total. The van der Waals surface area contributed by atoms with Crippen LogP contribution < -0.4 is 14.8 Å². The predicted molar refractivity (Wildman–Crippen MR) is 108 cm³/mol. The molecule has 29 heavy (non-hydrogen) atoms. The van der Waals surface area contributed by atoms with Gasteiger partial charge >= 0.3 is 5.97 Å². The van der Waals surface area contributed by atoms with Gasteiger partial charge in [0.05, 0.1) is 17.6 Å². The van der Waals surface area contributed by atoms with Gasteiger partial charge in [0.2, 0.25) is 10.0 Å². The number of sulfonamides is 1. The first-order chi connectivity index (χ1) is 13.8. The van der Waals surface area contributed by atoms with Gasteiger partial charge in [0.25, 0.3) is 5.91 Å². The Bertz CT molecular complexity index is 969. The number of benzene rings is 2. The molecule has 0 aliphatic heterocycles. The van der Waals surface area contributed by atoms with E-state index >= 15 is 0 Å². The van der Waals surface area contributed by atoms with Crippen LogP contribution >= 0.6 is 0 Å². The highest BCUT2D eigenvalue weighted by molar-refractivity contribution is 7.89. The molecule has 0 radical (unpaired) electrons. The maximum Gasteiger partial charge on any atom is 0.338 e. The number of anilines is 1. The van der Waals surface area contributed by atoms with Crippen molar-refractivity contribution in [3.05, 3.63) is 66.7 Å². The minimum absolute atomic E-state index is 0.00111. The molecule has 0 aromatic heterocycles. The van der Waals surface area contributed by atoms with Crippen LogP contribution in [-0.4, -0.2) is 40.1 Å². The number of nitrogens with one attached hydrogen (secondary N) is 2. The van der Waals surface area contributed by atoms with Crippen LogP contribution in [-0.2, 0) is 19.6 Å². The summed E-state index contributed by atoms with van der Waals surface area (Å²) >= 11 is 0. The summed E-state index contributed by atoms with van der Waals surface area (Å²) < 4.78 is 36.6. The maximum atomic E-state index is 12.2. The third-order valence-corrected chi connectivity index (χ3v) is 5.27. The van der Waals surface area contributed by atoms with Gasteiger partial charge in [-0.1, -0.05) is 6.08 Å². The van der Waals surface area contributed by atoms with E-state index in [2.05, 4.69) is 16.6 Å². The zero-order valence-electron chi connectivity index (χ0n) is 16.0. The van der Waals surface area contributed by atoms with Crippen molar-refractivity contribution in [2.45, 2.75) is 17.9 Å². The number of hydrogen-bond donors (Lipinski definition) is 2. The van der Waals surface area contributed by atoms with Crippen LogP contribution in [0, 0.1) is 0 Å². The molecular formula is C20H22N2O6S. The van der Waals surface area contributed by atoms with Gasteiger partial charge in [-0.3, -0.25) is 4.79 Å². The topological polar surface area (TPSA) is 111 Å². The number of carbonyl (C=O) groups is 2. The molecule has 0 aliphatic rings. The molecule has 2 aromatic carbocycles. The van der Waals surface area contributed by atoms with Crippen molar-refractivity contribution in [1.29, 1.82) is 0 Å². The van der Waals surface area contributed by atoms with Crippen LogP contribution in [0.15, 0.2) is 66.1 Å². The van der Waals surface area contributed by atoms with Gasteiger partial charge < -0.3 is 14.8 Å². The van der Waals surface area contributed by atoms with Crippen LogP contribution in [0.2, 0.25) is 0 Å². The number of hydrogen-bond acceptors (Lipinski definition) is 6. The molecule has 0 saturated carbocycles. The Hall–Kier alpha value is -3.17. The van der Waals surface area contributed by atoms with Crippen molar-refractivity contribution >= 4 is 27.6 Å². The molecular weight excluding hydrogens is 396 g/mol. The lowest BCUT2D eigenvalue weighted by Gasteiger charge is -2.14. The fourth-order valence-electron chi connectivity index (χ4n) is 2.22. The molecule has 9 heteroatoms. The van der Waals surface area contributed by atoms with Crippen molar-refractivity contribution in [2.24, 2.45) is 0 Å². The Morgan fingerprint density at radius 2 is 1.72 bits per heavy atom. The van der Waals surface area contributed by atoms with E-state index < -0.39 is 28.0 Å². The normalized spacial score (nSPS) is 11.9. The van der Waals surface area contributed by atoms with Gasteiger partial charge in [0.15, 0.2) is 6.10 Å². The number of ether oxygens (including phenoxy) is 2. The smallest absolute Gasteiger partial charge is 0.338 e. The highest BCUT2D eigenvalue weighted by Gasteiger charge is 2.20. The Morgan fingerprint density at radius 3 is 2.28 bits per heavy atom. The van der Waals surface area contributed by atoms with E-state index in [0.717, 1.165) is 0 Å². The van der Waals surface area contributed by atoms with Crippen LogP contribution in [0.1, 0.15) is 17.3 Å². The molecule has 0 fully saturated rings. The standard InChI is InChI=1S/C20H22N2O6S/c1-4-13-21-29(25,26)18-11-5-15(6-12-18)20(24)28-14(2)19(23)22-16-7-9-17(27-3)10-8-16/h4-12,14,21H,1,13H2,2-3H3,(H,22,23)/t14-/m1/s1. The van der Waals surface area contributed by atoms with Crippen molar-refractivity contribution in [1.82, 2.24) is 4.72 Å². The lowest BCUT2D eigenvalue weighted by molar-refractivity contribution is -0.123. The number of carbonyl (C=O) groups excluding carboxylic acids is 2. The number of esters is 1. The molecule has 0 bridgehead atoms. The Balaban J connectivity index is 1.97. The van der Waals surface area contributed by atoms with E-state index in [9.17, 15) is 18.0 Å². The third-order valence-electron chi connectivity index (χ3n) is 3.83. The Morgan fingerprint density at radius 1 is 1.10 bits per heavy atom. The molecule has 0 saturated heterocycles. The van der Waals surface area contributed by atoms with Gasteiger partial charge in [-0.15, -0.1) is 6.58 Å². The zero-order chi connectivity index (χ0) is 21.4. The van der Waals surface area contributed by atoms with Crippen molar-refractivity contribution < 1.29 is 27.5 Å². The van der Waals surface area contributed by atoms with E-state index in [1.165, 1.54) is 44.4 Å². The fourth-order valence-corrected chi connectivity index (χ4v) is 3.22. The highest BCUT2D eigenvalue weighted by Crippen LogP contribution is 2.16. The monoisotopic (exact) mass is 418 g/mol. The van der Waals surface area contributed by atoms with Crippen molar-refractivity contribution in [3.8, 4) is 5.75 Å². The maximum absolute atomic E-state index is 12.2. The molecule has 0 unspecified atom stereocenters. The lowest BCUT2D eigenvalue weighted by atomic mass is 10.2. The highest BCUT2D eigenvalue weighted by atomic mass is 32.2. The van der Waals surface area contributed by atoms with E-state index in [1.807, 2.05) is 0 Å². The van der Waals surface area contributed by atoms with Crippen LogP contribution in [0.3, 0.4) is 0 Å². The molecule has 0 heterocycles. The summed E-state index contributed by atoms with van der Waals surface area (Å²) in [5.74, 6) is -0.602. The van der Waals surface area contributed by atoms with Gasteiger partial charge in [-0.25, -0.2) is 17.9 Å². The molecule has 0 aliphatic carbocycles. The zero-order valence-corrected chi connectivity index (χ0v) is 16.9. The van der Waals surface area contributed by atoms with E-state index in [-0.39, 0.29) is 17.0 Å². The Labute approximate surface area is 169 Å². The third kappa shape index (κ3) is 6.16. The van der Waals surface area contributed by atoms with Crippen molar-refractivity contribution in [2.75, 3.05) is 19.0 Å². The second-order valence-corrected chi connectivity index (χ2v) is 7.70. The average molecular weight is 418 g/mol. The summed E-state index contributed by atoms with van der Waals surface area (Å²) in [7, 11) is -2.15. The van der Waals surface area contributed by atoms with E-state index in [0.29, 0.717) is 11.4 Å². The van der Waals surface area contributed by atoms with Gasteiger partial charge in [0.1, 0.15) is 5.75 Å². The minimum Gasteiger partial charge on any atom is -0.497 e. The molecule has 2 rings (SSSR count). The first-order valence-electron chi connectivity index (χ1n) is 8.63. The molecule has 0 spiro atoms. The van der Waals surface area contributed by atoms with E-state index in [4.69, 9.17) is 9.47 Å². The molecule has 1 atom stereocenters. The lowest BCUT2D eigenvalue weighted by Crippen LogP contribution is -2.30. The van der Waals surface area contributed by atoms with Gasteiger partial charge in [-0.2, -0.15) is 0 Å². The second kappa shape index (κ2) is 9.85. The largest absolute Gasteiger partial charge is 0.497 e. The van der Waals surface area contributed by atoms with Crippen molar-refractivity contribution in [3.63, 3.8) is 0 Å². The summed E-state index contributed by atoms with van der Waals surface area (Å²) in [6, 6.07) is 11.9.